The minimum absolute atomic E-state index is 0.874. The van der Waals surface area contributed by atoms with Crippen LogP contribution in [0.2, 0.25) is 0 Å². The summed E-state index contributed by atoms with van der Waals surface area (Å²) in [6.07, 6.45) is 0. The monoisotopic (exact) mass is 661 g/mol. The largest absolute Gasteiger partial charge is 0.455 e. The minimum atomic E-state index is 0.874. The second-order valence-corrected chi connectivity index (χ2v) is 13.6. The molecular weight excluding hydrogens is 631 g/mol. The van der Waals surface area contributed by atoms with E-state index in [-0.39, 0.29) is 0 Å². The Morgan fingerprint density at radius 2 is 0.788 bits per heavy atom. The summed E-state index contributed by atoms with van der Waals surface area (Å²) in [6.45, 7) is 0. The minimum Gasteiger partial charge on any atom is -0.455 e. The first-order chi connectivity index (χ1) is 25.8. The van der Waals surface area contributed by atoms with Crippen molar-refractivity contribution >= 4 is 92.9 Å². The lowest BCUT2D eigenvalue weighted by molar-refractivity contribution is 0.670. The average Bonchev–Trinajstić information content (AvgIpc) is 3.61. The topological polar surface area (TPSA) is 16.4 Å². The Balaban J connectivity index is 1.29. The number of hydrogen-bond acceptors (Lipinski definition) is 2. The summed E-state index contributed by atoms with van der Waals surface area (Å²) in [6, 6.07) is 68.1. The highest BCUT2D eigenvalue weighted by Crippen LogP contribution is 2.50. The van der Waals surface area contributed by atoms with Crippen LogP contribution in [0.25, 0.3) is 86.9 Å². The van der Waals surface area contributed by atoms with Crippen molar-refractivity contribution < 1.29 is 4.42 Å². The average molecular weight is 662 g/mol. The third-order valence-corrected chi connectivity index (χ3v) is 10.8. The van der Waals surface area contributed by atoms with Crippen LogP contribution in [0.1, 0.15) is 0 Å². The molecule has 11 aromatic rings. The number of anilines is 3. The molecule has 242 valence electrons. The molecule has 0 radical (unpaired) electrons. The van der Waals surface area contributed by atoms with Gasteiger partial charge >= 0.3 is 0 Å². The molecule has 11 rings (SSSR count). The van der Waals surface area contributed by atoms with E-state index < -0.39 is 0 Å². The van der Waals surface area contributed by atoms with Crippen LogP contribution in [0.5, 0.6) is 0 Å². The fourth-order valence-electron chi connectivity index (χ4n) is 8.50. The molecule has 0 unspecified atom stereocenters. The maximum atomic E-state index is 6.91. The molecular formula is C50H31NO. The summed E-state index contributed by atoms with van der Waals surface area (Å²) in [5.74, 6) is 0. The van der Waals surface area contributed by atoms with Crippen molar-refractivity contribution in [1.29, 1.82) is 0 Å². The lowest BCUT2D eigenvalue weighted by Gasteiger charge is -2.29. The molecule has 0 spiro atoms. The second-order valence-electron chi connectivity index (χ2n) is 13.6. The van der Waals surface area contributed by atoms with E-state index in [1.54, 1.807) is 0 Å². The van der Waals surface area contributed by atoms with Gasteiger partial charge in [-0.1, -0.05) is 158 Å². The lowest BCUT2D eigenvalue weighted by Crippen LogP contribution is -2.11. The Morgan fingerprint density at radius 1 is 0.288 bits per heavy atom. The van der Waals surface area contributed by atoms with Crippen LogP contribution < -0.4 is 4.90 Å². The van der Waals surface area contributed by atoms with Gasteiger partial charge in [0.2, 0.25) is 0 Å². The molecule has 0 aliphatic carbocycles. The van der Waals surface area contributed by atoms with E-state index in [2.05, 4.69) is 193 Å². The van der Waals surface area contributed by atoms with Crippen molar-refractivity contribution in [1.82, 2.24) is 0 Å². The summed E-state index contributed by atoms with van der Waals surface area (Å²) >= 11 is 0. The van der Waals surface area contributed by atoms with E-state index in [0.29, 0.717) is 0 Å². The Labute approximate surface area is 300 Å². The maximum Gasteiger partial charge on any atom is 0.145 e. The number of nitrogens with zero attached hydrogens (tertiary/aromatic N) is 1. The molecule has 0 saturated carbocycles. The van der Waals surface area contributed by atoms with Gasteiger partial charge in [0.05, 0.1) is 22.4 Å². The zero-order valence-electron chi connectivity index (χ0n) is 28.3. The van der Waals surface area contributed by atoms with Crippen molar-refractivity contribution in [3.63, 3.8) is 0 Å². The van der Waals surface area contributed by atoms with Gasteiger partial charge in [0, 0.05) is 21.7 Å². The molecule has 2 nitrogen and oxygen atoms in total. The fourth-order valence-corrected chi connectivity index (χ4v) is 8.50. The molecule has 0 N–H and O–H groups in total. The normalized spacial score (nSPS) is 11.8. The predicted octanol–water partition coefficient (Wildman–Crippen LogP) is 14.5. The van der Waals surface area contributed by atoms with Crippen LogP contribution in [0.15, 0.2) is 192 Å². The lowest BCUT2D eigenvalue weighted by atomic mass is 9.94. The molecule has 0 atom stereocenters. The van der Waals surface area contributed by atoms with E-state index >= 15 is 0 Å². The summed E-state index contributed by atoms with van der Waals surface area (Å²) < 4.78 is 6.91. The molecule has 0 aliphatic heterocycles. The van der Waals surface area contributed by atoms with Gasteiger partial charge in [0.1, 0.15) is 11.2 Å². The van der Waals surface area contributed by atoms with Crippen LogP contribution in [-0.2, 0) is 0 Å². The van der Waals surface area contributed by atoms with Crippen molar-refractivity contribution in [2.75, 3.05) is 4.90 Å². The van der Waals surface area contributed by atoms with Gasteiger partial charge in [-0.3, -0.25) is 0 Å². The quantitative estimate of drug-likeness (QED) is 0.175. The van der Waals surface area contributed by atoms with Crippen molar-refractivity contribution in [2.24, 2.45) is 0 Å². The smallest absolute Gasteiger partial charge is 0.145 e. The molecule has 1 heterocycles. The highest BCUT2D eigenvalue weighted by molar-refractivity contribution is 6.22. The van der Waals surface area contributed by atoms with Gasteiger partial charge in [-0.05, 0) is 79.0 Å². The van der Waals surface area contributed by atoms with Crippen LogP contribution in [-0.4, -0.2) is 0 Å². The standard InChI is InChI=1S/C50H31NO/c1-4-16-35-32(12-1)15-9-20-40(35)43-30-31-47(49-44-19-7-8-25-48(44)52-50(43)49)51(45-23-10-21-38-36-17-5-2-13-33(36)26-28-41(38)45)46-24-11-22-39-37-18-6-3-14-34(37)27-29-42(39)46/h1-31H. The number of para-hydroxylation sites is 1. The first kappa shape index (κ1) is 28.9. The summed E-state index contributed by atoms with van der Waals surface area (Å²) in [4.78, 5) is 2.48. The molecule has 0 bridgehead atoms. The number of benzene rings is 10. The van der Waals surface area contributed by atoms with Gasteiger partial charge < -0.3 is 9.32 Å². The van der Waals surface area contributed by atoms with Gasteiger partial charge in [0.15, 0.2) is 0 Å². The molecule has 0 fully saturated rings. The maximum absolute atomic E-state index is 6.91. The highest BCUT2D eigenvalue weighted by Gasteiger charge is 2.25. The van der Waals surface area contributed by atoms with E-state index in [4.69, 9.17) is 4.42 Å². The molecule has 52 heavy (non-hydrogen) atoms. The highest BCUT2D eigenvalue weighted by atomic mass is 16.3. The van der Waals surface area contributed by atoms with Crippen LogP contribution in [0, 0.1) is 0 Å². The molecule has 2 heteroatoms. The zero-order valence-corrected chi connectivity index (χ0v) is 28.3. The first-order valence-electron chi connectivity index (χ1n) is 17.9. The van der Waals surface area contributed by atoms with Crippen LogP contribution in [0.3, 0.4) is 0 Å². The van der Waals surface area contributed by atoms with Crippen molar-refractivity contribution in [3.8, 4) is 11.1 Å². The van der Waals surface area contributed by atoms with E-state index in [1.165, 1.54) is 53.9 Å². The molecule has 0 saturated heterocycles. The number of hydrogen-bond donors (Lipinski definition) is 0. The van der Waals surface area contributed by atoms with E-state index in [1.807, 2.05) is 0 Å². The Hall–Kier alpha value is -6.90. The summed E-state index contributed by atoms with van der Waals surface area (Å²) in [7, 11) is 0. The van der Waals surface area contributed by atoms with Gasteiger partial charge in [-0.25, -0.2) is 0 Å². The Morgan fingerprint density at radius 3 is 1.44 bits per heavy atom. The van der Waals surface area contributed by atoms with E-state index in [9.17, 15) is 0 Å². The zero-order chi connectivity index (χ0) is 34.2. The Bertz CT molecular complexity index is 3080. The fraction of sp³-hybridized carbons (Fsp3) is 0. The van der Waals surface area contributed by atoms with Gasteiger partial charge in [-0.15, -0.1) is 0 Å². The molecule has 0 aliphatic rings. The summed E-state index contributed by atoms with van der Waals surface area (Å²) in [5.41, 5.74) is 7.32. The third kappa shape index (κ3) is 4.25. The number of rotatable bonds is 4. The van der Waals surface area contributed by atoms with Crippen LogP contribution >= 0.6 is 0 Å². The second kappa shape index (κ2) is 11.3. The Kier molecular flexibility index (Phi) is 6.28. The van der Waals surface area contributed by atoms with E-state index in [0.717, 1.165) is 50.1 Å². The van der Waals surface area contributed by atoms with Crippen LogP contribution in [0.4, 0.5) is 17.1 Å². The predicted molar refractivity (Wildman–Crippen MR) is 221 cm³/mol. The molecule has 0 amide bonds. The number of furan rings is 1. The number of fused-ring (bicyclic) bond motifs is 10. The molecule has 10 aromatic carbocycles. The SMILES string of the molecule is c1ccc2c(-c3ccc(N(c4cccc5c4ccc4ccccc45)c4cccc5c4ccc4ccccc45)c4c3oc3ccccc34)cccc2c1. The first-order valence-corrected chi connectivity index (χ1v) is 17.9. The summed E-state index contributed by atoms with van der Waals surface area (Å²) in [5, 5.41) is 14.4. The van der Waals surface area contributed by atoms with Crippen molar-refractivity contribution in [2.45, 2.75) is 0 Å². The van der Waals surface area contributed by atoms with Gasteiger partial charge in [0.25, 0.3) is 0 Å². The third-order valence-electron chi connectivity index (χ3n) is 10.8. The van der Waals surface area contributed by atoms with Gasteiger partial charge in [-0.2, -0.15) is 0 Å². The molecule has 1 aromatic heterocycles. The van der Waals surface area contributed by atoms with Crippen molar-refractivity contribution in [3.05, 3.63) is 188 Å².